The average molecular weight is 342 g/mol. The van der Waals surface area contributed by atoms with Crippen LogP contribution in [0.15, 0.2) is 29.1 Å². The van der Waals surface area contributed by atoms with E-state index in [0.29, 0.717) is 12.5 Å². The number of rotatable bonds is 8. The van der Waals surface area contributed by atoms with Crippen molar-refractivity contribution >= 4 is 16.9 Å². The Balaban J connectivity index is 1.93. The number of fused-ring (bicyclic) bond motifs is 1. The minimum Gasteiger partial charge on any atom is -0.467 e. The first-order valence-corrected chi connectivity index (χ1v) is 8.83. The van der Waals surface area contributed by atoms with Crippen LogP contribution in [-0.2, 0) is 6.54 Å². The Morgan fingerprint density at radius 2 is 2.16 bits per heavy atom. The quantitative estimate of drug-likeness (QED) is 0.655. The third-order valence-corrected chi connectivity index (χ3v) is 4.97. The van der Waals surface area contributed by atoms with E-state index >= 15 is 0 Å². The van der Waals surface area contributed by atoms with Crippen molar-refractivity contribution in [2.45, 2.75) is 40.2 Å². The molecule has 2 N–H and O–H groups in total. The number of hydrogen-bond donors (Lipinski definition) is 2. The van der Waals surface area contributed by atoms with Crippen molar-refractivity contribution in [1.29, 1.82) is 0 Å². The molecule has 0 aliphatic heterocycles. The standard InChI is InChI=1S/C19H26N4O2/c1-4-15(7-8-24)10-20-18-17-13(2)14(3)23(19(17)22-12-21-18)11-16-6-5-9-25-16/h5-6,9,12,15,24H,4,7-8,10-11H2,1-3H3,(H,20,21,22). The van der Waals surface area contributed by atoms with Crippen LogP contribution in [-0.4, -0.2) is 32.8 Å². The van der Waals surface area contributed by atoms with E-state index in [4.69, 9.17) is 4.42 Å². The molecule has 0 bridgehead atoms. The molecule has 134 valence electrons. The van der Waals surface area contributed by atoms with Gasteiger partial charge in [-0.05, 0) is 43.9 Å². The van der Waals surface area contributed by atoms with Crippen molar-refractivity contribution < 1.29 is 9.52 Å². The molecular weight excluding hydrogens is 316 g/mol. The van der Waals surface area contributed by atoms with E-state index in [0.717, 1.165) is 47.7 Å². The lowest BCUT2D eigenvalue weighted by atomic mass is 10.0. The van der Waals surface area contributed by atoms with Crippen molar-refractivity contribution in [2.24, 2.45) is 5.92 Å². The van der Waals surface area contributed by atoms with Gasteiger partial charge in [0.2, 0.25) is 0 Å². The molecular formula is C19H26N4O2. The second kappa shape index (κ2) is 7.70. The lowest BCUT2D eigenvalue weighted by molar-refractivity contribution is 0.258. The predicted octanol–water partition coefficient (Wildman–Crippen LogP) is 3.51. The minimum absolute atomic E-state index is 0.219. The largest absolute Gasteiger partial charge is 0.467 e. The lowest BCUT2D eigenvalue weighted by Gasteiger charge is -2.15. The highest BCUT2D eigenvalue weighted by Gasteiger charge is 2.17. The maximum absolute atomic E-state index is 9.18. The van der Waals surface area contributed by atoms with Crippen LogP contribution in [0, 0.1) is 19.8 Å². The fraction of sp³-hybridized carbons (Fsp3) is 0.474. The van der Waals surface area contributed by atoms with Crippen LogP contribution in [0.25, 0.3) is 11.0 Å². The smallest absolute Gasteiger partial charge is 0.146 e. The molecule has 0 saturated heterocycles. The molecule has 25 heavy (non-hydrogen) atoms. The highest BCUT2D eigenvalue weighted by atomic mass is 16.3. The zero-order valence-electron chi connectivity index (χ0n) is 15.1. The van der Waals surface area contributed by atoms with Gasteiger partial charge in [0.1, 0.15) is 23.6 Å². The summed E-state index contributed by atoms with van der Waals surface area (Å²) < 4.78 is 7.67. The molecule has 3 rings (SSSR count). The summed E-state index contributed by atoms with van der Waals surface area (Å²) in [6.07, 6.45) is 5.13. The predicted molar refractivity (Wildman–Crippen MR) is 98.8 cm³/mol. The van der Waals surface area contributed by atoms with Gasteiger partial charge in [0.15, 0.2) is 0 Å². The van der Waals surface area contributed by atoms with Gasteiger partial charge >= 0.3 is 0 Å². The highest BCUT2D eigenvalue weighted by Crippen LogP contribution is 2.29. The van der Waals surface area contributed by atoms with Gasteiger partial charge in [0, 0.05) is 18.8 Å². The zero-order valence-corrected chi connectivity index (χ0v) is 15.1. The van der Waals surface area contributed by atoms with Crippen LogP contribution in [0.1, 0.15) is 36.8 Å². The van der Waals surface area contributed by atoms with Gasteiger partial charge in [0.25, 0.3) is 0 Å². The molecule has 0 fully saturated rings. The molecule has 3 aromatic heterocycles. The minimum atomic E-state index is 0.219. The van der Waals surface area contributed by atoms with Crippen molar-refractivity contribution in [3.63, 3.8) is 0 Å². The second-order valence-electron chi connectivity index (χ2n) is 6.46. The van der Waals surface area contributed by atoms with E-state index in [1.165, 1.54) is 5.56 Å². The SMILES string of the molecule is CCC(CCO)CNc1ncnc2c1c(C)c(C)n2Cc1ccco1. The molecule has 3 aromatic rings. The van der Waals surface area contributed by atoms with Crippen LogP contribution in [0.5, 0.6) is 0 Å². The summed E-state index contributed by atoms with van der Waals surface area (Å²) in [5, 5.41) is 13.7. The Hall–Kier alpha value is -2.34. The van der Waals surface area contributed by atoms with E-state index in [2.05, 4.69) is 40.6 Å². The molecule has 6 heteroatoms. The first-order valence-electron chi connectivity index (χ1n) is 8.83. The Morgan fingerprint density at radius 1 is 1.32 bits per heavy atom. The molecule has 0 amide bonds. The molecule has 3 heterocycles. The normalized spacial score (nSPS) is 12.6. The zero-order chi connectivity index (χ0) is 17.8. The van der Waals surface area contributed by atoms with E-state index in [9.17, 15) is 5.11 Å². The molecule has 6 nitrogen and oxygen atoms in total. The molecule has 0 aliphatic rings. The summed E-state index contributed by atoms with van der Waals surface area (Å²) in [5.41, 5.74) is 3.26. The van der Waals surface area contributed by atoms with Crippen LogP contribution < -0.4 is 5.32 Å². The Kier molecular flexibility index (Phi) is 5.38. The van der Waals surface area contributed by atoms with Crippen molar-refractivity contribution in [3.8, 4) is 0 Å². The van der Waals surface area contributed by atoms with Crippen molar-refractivity contribution in [1.82, 2.24) is 14.5 Å². The van der Waals surface area contributed by atoms with E-state index < -0.39 is 0 Å². The summed E-state index contributed by atoms with van der Waals surface area (Å²) in [6.45, 7) is 8.02. The first kappa shape index (κ1) is 17.5. The lowest BCUT2D eigenvalue weighted by Crippen LogP contribution is -2.16. The fourth-order valence-corrected chi connectivity index (χ4v) is 3.23. The molecule has 0 aromatic carbocycles. The number of anilines is 1. The number of aromatic nitrogens is 3. The monoisotopic (exact) mass is 342 g/mol. The van der Waals surface area contributed by atoms with Gasteiger partial charge in [-0.15, -0.1) is 0 Å². The topological polar surface area (TPSA) is 76.1 Å². The van der Waals surface area contributed by atoms with Crippen LogP contribution >= 0.6 is 0 Å². The number of hydrogen-bond acceptors (Lipinski definition) is 5. The highest BCUT2D eigenvalue weighted by molar-refractivity contribution is 5.91. The number of nitrogens with zero attached hydrogens (tertiary/aromatic N) is 3. The Bertz CT molecular complexity index is 824. The van der Waals surface area contributed by atoms with Gasteiger partial charge in [-0.25, -0.2) is 9.97 Å². The van der Waals surface area contributed by atoms with E-state index in [1.807, 2.05) is 12.1 Å². The molecule has 1 unspecified atom stereocenters. The van der Waals surface area contributed by atoms with Crippen LogP contribution in [0.2, 0.25) is 0 Å². The molecule has 1 atom stereocenters. The summed E-state index contributed by atoms with van der Waals surface area (Å²) in [4.78, 5) is 8.98. The maximum atomic E-state index is 9.18. The van der Waals surface area contributed by atoms with E-state index in [1.54, 1.807) is 12.6 Å². The molecule has 0 aliphatic carbocycles. The van der Waals surface area contributed by atoms with Gasteiger partial charge < -0.3 is 19.4 Å². The molecule has 0 saturated carbocycles. The van der Waals surface area contributed by atoms with Crippen LogP contribution in [0.3, 0.4) is 0 Å². The second-order valence-corrected chi connectivity index (χ2v) is 6.46. The Morgan fingerprint density at radius 3 is 2.84 bits per heavy atom. The fourth-order valence-electron chi connectivity index (χ4n) is 3.23. The van der Waals surface area contributed by atoms with E-state index in [-0.39, 0.29) is 6.61 Å². The third-order valence-electron chi connectivity index (χ3n) is 4.97. The van der Waals surface area contributed by atoms with Crippen LogP contribution in [0.4, 0.5) is 5.82 Å². The number of nitrogens with one attached hydrogen (secondary N) is 1. The third kappa shape index (κ3) is 3.54. The summed E-state index contributed by atoms with van der Waals surface area (Å²) in [7, 11) is 0. The number of aliphatic hydroxyl groups excluding tert-OH is 1. The summed E-state index contributed by atoms with van der Waals surface area (Å²) in [6, 6.07) is 3.87. The van der Waals surface area contributed by atoms with Crippen molar-refractivity contribution in [2.75, 3.05) is 18.5 Å². The van der Waals surface area contributed by atoms with Gasteiger partial charge in [-0.2, -0.15) is 0 Å². The van der Waals surface area contributed by atoms with Gasteiger partial charge in [0.05, 0.1) is 18.2 Å². The average Bonchev–Trinajstić information content (AvgIpc) is 3.22. The first-order chi connectivity index (χ1) is 12.2. The van der Waals surface area contributed by atoms with Crippen molar-refractivity contribution in [3.05, 3.63) is 41.7 Å². The molecule has 0 spiro atoms. The van der Waals surface area contributed by atoms with Gasteiger partial charge in [-0.3, -0.25) is 0 Å². The Labute approximate surface area is 147 Å². The number of aryl methyl sites for hydroxylation is 1. The maximum Gasteiger partial charge on any atom is 0.146 e. The molecule has 0 radical (unpaired) electrons. The number of furan rings is 1. The summed E-state index contributed by atoms with van der Waals surface area (Å²) >= 11 is 0. The summed E-state index contributed by atoms with van der Waals surface area (Å²) in [5.74, 6) is 2.20. The number of aliphatic hydroxyl groups is 1. The van der Waals surface area contributed by atoms with Gasteiger partial charge in [-0.1, -0.05) is 13.3 Å².